The standard InChI is InChI=1S/C44H34B2O6P2/c47-53(35-17-5-1-6-18-35,36-19-7-2-8-20-36)43-39-25-13-15-27-41(39)49-45(51-43)33-29-31-34(32-30-33)46-50-42-28-16-14-26-40(42)44(52-46)54(48,37-21-9-3-10-22-37)38-23-11-4-12-24-38/h1-32,43-44H. The van der Waals surface area contributed by atoms with Gasteiger partial charge in [0.05, 0.1) is 0 Å². The minimum absolute atomic E-state index is 0.617. The highest BCUT2D eigenvalue weighted by Crippen LogP contribution is 2.62. The molecule has 2 unspecified atom stereocenters. The molecule has 2 atom stereocenters. The normalized spacial score (nSPS) is 16.7. The second-order valence-corrected chi connectivity index (χ2v) is 18.9. The largest absolute Gasteiger partial charge is 0.563 e. The second-order valence-electron chi connectivity index (χ2n) is 13.3. The molecule has 2 aliphatic rings. The van der Waals surface area contributed by atoms with Crippen molar-refractivity contribution in [1.82, 2.24) is 0 Å². The van der Waals surface area contributed by atoms with Crippen LogP contribution < -0.4 is 41.5 Å². The lowest BCUT2D eigenvalue weighted by atomic mass is 9.72. The van der Waals surface area contributed by atoms with Crippen molar-refractivity contribution in [2.45, 2.75) is 11.7 Å². The van der Waals surface area contributed by atoms with Gasteiger partial charge in [-0.15, -0.1) is 0 Å². The van der Waals surface area contributed by atoms with Gasteiger partial charge in [-0.2, -0.15) is 0 Å². The van der Waals surface area contributed by atoms with Gasteiger partial charge in [-0.05, 0) is 23.1 Å². The van der Waals surface area contributed by atoms with Gasteiger partial charge >= 0.3 is 14.2 Å². The molecule has 7 aromatic carbocycles. The molecule has 0 aliphatic carbocycles. The van der Waals surface area contributed by atoms with Crippen LogP contribution in [-0.2, 0) is 18.4 Å². The van der Waals surface area contributed by atoms with Gasteiger partial charge in [0.25, 0.3) is 0 Å². The van der Waals surface area contributed by atoms with Crippen molar-refractivity contribution in [3.8, 4) is 11.5 Å². The van der Waals surface area contributed by atoms with E-state index in [1.54, 1.807) is 0 Å². The van der Waals surface area contributed by atoms with Crippen LogP contribution in [-0.4, -0.2) is 14.2 Å². The van der Waals surface area contributed by atoms with E-state index in [4.69, 9.17) is 18.6 Å². The lowest BCUT2D eigenvalue weighted by Crippen LogP contribution is -2.47. The Hall–Kier alpha value is -5.35. The minimum atomic E-state index is -3.39. The Balaban J connectivity index is 1.07. The van der Waals surface area contributed by atoms with Crippen LogP contribution in [0.15, 0.2) is 194 Å². The topological polar surface area (TPSA) is 71.1 Å². The van der Waals surface area contributed by atoms with Crippen molar-refractivity contribution in [3.63, 3.8) is 0 Å². The Bertz CT molecular complexity index is 2230. The molecule has 10 heteroatoms. The third-order valence-electron chi connectivity index (χ3n) is 10.0. The Morgan fingerprint density at radius 2 is 0.630 bits per heavy atom. The molecule has 0 bridgehead atoms. The number of hydrogen-bond acceptors (Lipinski definition) is 6. The number of hydrogen-bond donors (Lipinski definition) is 0. The highest BCUT2D eigenvalue weighted by atomic mass is 31.2. The quantitative estimate of drug-likeness (QED) is 0.120. The Morgan fingerprint density at radius 1 is 0.352 bits per heavy atom. The molecule has 54 heavy (non-hydrogen) atoms. The van der Waals surface area contributed by atoms with E-state index in [0.29, 0.717) is 32.7 Å². The summed E-state index contributed by atoms with van der Waals surface area (Å²) >= 11 is 0. The highest BCUT2D eigenvalue weighted by Gasteiger charge is 2.48. The van der Waals surface area contributed by atoms with Gasteiger partial charge in [0.15, 0.2) is 14.3 Å². The van der Waals surface area contributed by atoms with E-state index in [2.05, 4.69) is 0 Å². The summed E-state index contributed by atoms with van der Waals surface area (Å²) in [6, 6.07) is 61.1. The third kappa shape index (κ3) is 6.06. The van der Waals surface area contributed by atoms with E-state index in [1.807, 2.05) is 194 Å². The van der Waals surface area contributed by atoms with Gasteiger partial charge in [-0.1, -0.05) is 182 Å². The fourth-order valence-corrected chi connectivity index (χ4v) is 13.3. The highest BCUT2D eigenvalue weighted by molar-refractivity contribution is 7.79. The van der Waals surface area contributed by atoms with E-state index in [1.165, 1.54) is 0 Å². The number of fused-ring (bicyclic) bond motifs is 2. The lowest BCUT2D eigenvalue weighted by Gasteiger charge is -2.36. The molecule has 0 N–H and O–H groups in total. The Labute approximate surface area is 315 Å². The molecule has 6 nitrogen and oxygen atoms in total. The summed E-state index contributed by atoms with van der Waals surface area (Å²) in [4.78, 5) is 0. The van der Waals surface area contributed by atoms with Crippen LogP contribution in [0.25, 0.3) is 0 Å². The van der Waals surface area contributed by atoms with Crippen molar-refractivity contribution in [1.29, 1.82) is 0 Å². The van der Waals surface area contributed by atoms with Crippen LogP contribution in [0.3, 0.4) is 0 Å². The summed E-state index contributed by atoms with van der Waals surface area (Å²) in [6.07, 6.45) is 0. The number of benzene rings is 7. The van der Waals surface area contributed by atoms with Gasteiger partial charge in [0.2, 0.25) is 0 Å². The predicted molar refractivity (Wildman–Crippen MR) is 219 cm³/mol. The Kier molecular flexibility index (Phi) is 9.22. The van der Waals surface area contributed by atoms with Crippen LogP contribution in [0.1, 0.15) is 22.8 Å². The van der Waals surface area contributed by atoms with E-state index in [-0.39, 0.29) is 0 Å². The fourth-order valence-electron chi connectivity index (χ4n) is 7.35. The van der Waals surface area contributed by atoms with Crippen LogP contribution in [0.4, 0.5) is 0 Å². The fraction of sp³-hybridized carbons (Fsp3) is 0.0455. The van der Waals surface area contributed by atoms with Crippen molar-refractivity contribution in [3.05, 3.63) is 205 Å². The number of para-hydroxylation sites is 2. The average Bonchev–Trinajstić information content (AvgIpc) is 3.26. The van der Waals surface area contributed by atoms with Crippen molar-refractivity contribution >= 4 is 60.7 Å². The van der Waals surface area contributed by atoms with Crippen LogP contribution in [0.5, 0.6) is 11.5 Å². The summed E-state index contributed by atoms with van der Waals surface area (Å²) in [5, 5.41) is 2.82. The van der Waals surface area contributed by atoms with Gasteiger partial charge in [0, 0.05) is 32.3 Å². The molecule has 0 amide bonds. The molecule has 0 fully saturated rings. The molecule has 0 aromatic heterocycles. The molecule has 0 radical (unpaired) electrons. The van der Waals surface area contributed by atoms with Gasteiger partial charge in [-0.25, -0.2) is 0 Å². The van der Waals surface area contributed by atoms with Crippen LogP contribution >= 0.6 is 14.3 Å². The first kappa shape index (κ1) is 34.4. The number of rotatable bonds is 8. The Morgan fingerprint density at radius 3 is 0.944 bits per heavy atom. The predicted octanol–water partition coefficient (Wildman–Crippen LogP) is 7.32. The van der Waals surface area contributed by atoms with Crippen LogP contribution in [0, 0.1) is 0 Å². The second kappa shape index (κ2) is 14.5. The summed E-state index contributed by atoms with van der Waals surface area (Å²) in [5.41, 5.74) is 2.93. The van der Waals surface area contributed by atoms with E-state index in [0.717, 1.165) is 22.1 Å². The van der Waals surface area contributed by atoms with E-state index < -0.39 is 40.2 Å². The molecular weight excluding hydrogens is 708 g/mol. The zero-order valence-electron chi connectivity index (χ0n) is 29.1. The summed E-state index contributed by atoms with van der Waals surface area (Å²) in [6.45, 7) is 0. The summed E-state index contributed by atoms with van der Waals surface area (Å²) in [5.74, 6) is -0.370. The summed E-state index contributed by atoms with van der Waals surface area (Å²) in [7, 11) is -8.49. The molecule has 0 spiro atoms. The molecule has 262 valence electrons. The van der Waals surface area contributed by atoms with E-state index >= 15 is 9.13 Å². The minimum Gasteiger partial charge on any atom is -0.532 e. The maximum Gasteiger partial charge on any atom is 0.563 e. The van der Waals surface area contributed by atoms with E-state index in [9.17, 15) is 0 Å². The molecule has 9 rings (SSSR count). The molecule has 0 saturated heterocycles. The maximum atomic E-state index is 15.6. The average molecular weight is 742 g/mol. The SMILES string of the molecule is O=P(c1ccccc1)(c1ccccc1)C1OB(c2ccc(B3Oc4ccccc4C(P(=O)(c4ccccc4)c4ccccc4)O3)cc2)Oc2ccccc21. The zero-order valence-corrected chi connectivity index (χ0v) is 30.9. The maximum absolute atomic E-state index is 15.6. The lowest BCUT2D eigenvalue weighted by molar-refractivity contribution is 0.219. The molecular formula is C44H34B2O6P2. The van der Waals surface area contributed by atoms with Crippen molar-refractivity contribution in [2.24, 2.45) is 0 Å². The molecule has 7 aromatic rings. The first-order valence-electron chi connectivity index (χ1n) is 17.9. The summed E-state index contributed by atoms with van der Waals surface area (Å²) < 4.78 is 57.6. The monoisotopic (exact) mass is 742 g/mol. The smallest absolute Gasteiger partial charge is 0.532 e. The zero-order chi connectivity index (χ0) is 36.5. The van der Waals surface area contributed by atoms with Crippen LogP contribution in [0.2, 0.25) is 0 Å². The molecule has 0 saturated carbocycles. The van der Waals surface area contributed by atoms with Crippen molar-refractivity contribution < 1.29 is 27.7 Å². The third-order valence-corrected chi connectivity index (χ3v) is 16.4. The first-order valence-corrected chi connectivity index (χ1v) is 21.4. The van der Waals surface area contributed by atoms with Gasteiger partial charge in [0.1, 0.15) is 23.2 Å². The first-order chi connectivity index (χ1) is 26.5. The van der Waals surface area contributed by atoms with Gasteiger partial charge in [-0.3, -0.25) is 0 Å². The van der Waals surface area contributed by atoms with Gasteiger partial charge < -0.3 is 27.7 Å². The van der Waals surface area contributed by atoms with Crippen molar-refractivity contribution in [2.75, 3.05) is 0 Å². The molecule has 2 heterocycles. The molecule has 2 aliphatic heterocycles.